The molecule has 2 heterocycles. The van der Waals surface area contributed by atoms with Gasteiger partial charge in [0.05, 0.1) is 5.69 Å². The molecule has 17 heavy (non-hydrogen) atoms. The summed E-state index contributed by atoms with van der Waals surface area (Å²) in [4.78, 5) is 0. The fraction of sp³-hybridized carbons (Fsp3) is 0.0833. The average molecular weight is 225 g/mol. The van der Waals surface area contributed by atoms with E-state index in [2.05, 4.69) is 28.3 Å². The predicted molar refractivity (Wildman–Crippen MR) is 65.4 cm³/mol. The van der Waals surface area contributed by atoms with Crippen LogP contribution in [0.5, 0.6) is 0 Å². The summed E-state index contributed by atoms with van der Waals surface area (Å²) < 4.78 is 1.54. The smallest absolute Gasteiger partial charge is 0.243 e. The second-order valence-electron chi connectivity index (χ2n) is 3.86. The van der Waals surface area contributed by atoms with E-state index in [1.807, 2.05) is 30.3 Å². The second-order valence-corrected chi connectivity index (χ2v) is 3.86. The van der Waals surface area contributed by atoms with Crippen LogP contribution in [-0.4, -0.2) is 19.8 Å². The highest BCUT2D eigenvalue weighted by molar-refractivity contribution is 5.64. The van der Waals surface area contributed by atoms with Gasteiger partial charge in [0.25, 0.3) is 0 Å². The molecule has 5 nitrogen and oxygen atoms in total. The third-order valence-corrected chi connectivity index (χ3v) is 2.71. The predicted octanol–water partition coefficient (Wildman–Crippen LogP) is 1.68. The summed E-state index contributed by atoms with van der Waals surface area (Å²) in [5, 5.41) is 12.1. The van der Waals surface area contributed by atoms with E-state index in [0.717, 1.165) is 11.3 Å². The molecule has 0 spiro atoms. The summed E-state index contributed by atoms with van der Waals surface area (Å²) in [5.74, 6) is 0.301. The van der Waals surface area contributed by atoms with Crippen LogP contribution in [0.15, 0.2) is 36.4 Å². The molecule has 0 amide bonds. The van der Waals surface area contributed by atoms with Crippen molar-refractivity contribution in [3.05, 3.63) is 42.0 Å². The molecule has 0 saturated heterocycles. The zero-order chi connectivity index (χ0) is 11.8. The van der Waals surface area contributed by atoms with Crippen molar-refractivity contribution in [2.75, 3.05) is 5.73 Å². The summed E-state index contributed by atoms with van der Waals surface area (Å²) in [6, 6.07) is 11.9. The number of hydrogen-bond donors (Lipinski definition) is 1. The Morgan fingerprint density at radius 2 is 1.88 bits per heavy atom. The van der Waals surface area contributed by atoms with Gasteiger partial charge in [-0.05, 0) is 24.6 Å². The monoisotopic (exact) mass is 225 g/mol. The molecule has 84 valence electrons. The molecule has 0 saturated carbocycles. The third kappa shape index (κ3) is 1.52. The normalized spacial score (nSPS) is 10.9. The summed E-state index contributed by atoms with van der Waals surface area (Å²) >= 11 is 0. The number of rotatable bonds is 1. The van der Waals surface area contributed by atoms with Crippen LogP contribution in [-0.2, 0) is 0 Å². The van der Waals surface area contributed by atoms with Gasteiger partial charge in [-0.15, -0.1) is 10.2 Å². The molecule has 1 aromatic carbocycles. The Kier molecular flexibility index (Phi) is 2.04. The van der Waals surface area contributed by atoms with Crippen LogP contribution in [0, 0.1) is 6.92 Å². The first-order chi connectivity index (χ1) is 8.25. The number of nitrogens with zero attached hydrogens (tertiary/aromatic N) is 4. The van der Waals surface area contributed by atoms with Gasteiger partial charge in [0.1, 0.15) is 0 Å². The number of hydrogen-bond acceptors (Lipinski definition) is 4. The summed E-state index contributed by atoms with van der Waals surface area (Å²) in [7, 11) is 0. The van der Waals surface area contributed by atoms with Gasteiger partial charge in [0.2, 0.25) is 5.95 Å². The Hall–Kier alpha value is -2.43. The molecular weight excluding hydrogens is 214 g/mol. The lowest BCUT2D eigenvalue weighted by molar-refractivity contribution is 0.945. The standard InChI is InChI=1S/C12H11N5/c1-8-4-2-3-5-9(8)10-6-7-11-14-15-12(13)17(11)16-10/h2-7H,1H3,(H2,13,15). The van der Waals surface area contributed by atoms with Crippen molar-refractivity contribution < 1.29 is 0 Å². The lowest BCUT2D eigenvalue weighted by atomic mass is 10.1. The minimum absolute atomic E-state index is 0.301. The van der Waals surface area contributed by atoms with Crippen LogP contribution in [0.25, 0.3) is 16.9 Å². The number of anilines is 1. The van der Waals surface area contributed by atoms with Crippen LogP contribution in [0.1, 0.15) is 5.56 Å². The second kappa shape index (κ2) is 3.55. The molecule has 2 N–H and O–H groups in total. The Morgan fingerprint density at radius 3 is 2.71 bits per heavy atom. The molecule has 0 fully saturated rings. The van der Waals surface area contributed by atoms with Crippen LogP contribution < -0.4 is 5.73 Å². The lowest BCUT2D eigenvalue weighted by Crippen LogP contribution is -2.00. The number of aromatic nitrogens is 4. The lowest BCUT2D eigenvalue weighted by Gasteiger charge is -2.04. The quantitative estimate of drug-likeness (QED) is 0.684. The average Bonchev–Trinajstić information content (AvgIpc) is 2.71. The van der Waals surface area contributed by atoms with E-state index in [4.69, 9.17) is 5.73 Å². The van der Waals surface area contributed by atoms with E-state index >= 15 is 0 Å². The van der Waals surface area contributed by atoms with E-state index < -0.39 is 0 Å². The van der Waals surface area contributed by atoms with Crippen LogP contribution in [0.2, 0.25) is 0 Å². The summed E-state index contributed by atoms with van der Waals surface area (Å²) in [6.45, 7) is 2.05. The van der Waals surface area contributed by atoms with E-state index in [9.17, 15) is 0 Å². The van der Waals surface area contributed by atoms with Crippen molar-refractivity contribution in [2.45, 2.75) is 6.92 Å². The van der Waals surface area contributed by atoms with E-state index in [0.29, 0.717) is 11.6 Å². The number of benzene rings is 1. The SMILES string of the molecule is Cc1ccccc1-c1ccc2nnc(N)n2n1. The van der Waals surface area contributed by atoms with E-state index in [1.165, 1.54) is 5.56 Å². The molecule has 0 radical (unpaired) electrons. The molecule has 3 rings (SSSR count). The summed E-state index contributed by atoms with van der Waals surface area (Å²) in [6.07, 6.45) is 0. The molecule has 0 unspecified atom stereocenters. The van der Waals surface area contributed by atoms with Crippen LogP contribution in [0.4, 0.5) is 5.95 Å². The van der Waals surface area contributed by atoms with Gasteiger partial charge in [0.15, 0.2) is 5.65 Å². The van der Waals surface area contributed by atoms with E-state index in [1.54, 1.807) is 4.52 Å². The number of nitrogens with two attached hydrogens (primary N) is 1. The van der Waals surface area contributed by atoms with E-state index in [-0.39, 0.29) is 0 Å². The van der Waals surface area contributed by atoms with Crippen molar-refractivity contribution in [3.8, 4) is 11.3 Å². The van der Waals surface area contributed by atoms with Crippen molar-refractivity contribution in [1.82, 2.24) is 19.8 Å². The molecule has 0 bridgehead atoms. The molecule has 5 heteroatoms. The Labute approximate surface area is 97.9 Å². The Morgan fingerprint density at radius 1 is 1.06 bits per heavy atom. The minimum atomic E-state index is 0.301. The minimum Gasteiger partial charge on any atom is -0.366 e. The first-order valence-electron chi connectivity index (χ1n) is 5.29. The highest BCUT2D eigenvalue weighted by Crippen LogP contribution is 2.21. The molecule has 3 aromatic rings. The number of nitrogen functional groups attached to an aromatic ring is 1. The largest absolute Gasteiger partial charge is 0.366 e. The fourth-order valence-electron chi connectivity index (χ4n) is 1.81. The summed E-state index contributed by atoms with van der Waals surface area (Å²) in [5.41, 5.74) is 9.46. The van der Waals surface area contributed by atoms with Crippen molar-refractivity contribution in [3.63, 3.8) is 0 Å². The molecule has 0 aliphatic heterocycles. The van der Waals surface area contributed by atoms with Gasteiger partial charge in [-0.2, -0.15) is 9.61 Å². The van der Waals surface area contributed by atoms with Crippen molar-refractivity contribution >= 4 is 11.6 Å². The van der Waals surface area contributed by atoms with Gasteiger partial charge < -0.3 is 5.73 Å². The third-order valence-electron chi connectivity index (χ3n) is 2.71. The van der Waals surface area contributed by atoms with Gasteiger partial charge in [-0.3, -0.25) is 0 Å². The van der Waals surface area contributed by atoms with Crippen LogP contribution in [0.3, 0.4) is 0 Å². The Balaban J connectivity index is 2.24. The van der Waals surface area contributed by atoms with Gasteiger partial charge >= 0.3 is 0 Å². The van der Waals surface area contributed by atoms with Gasteiger partial charge in [0, 0.05) is 5.56 Å². The highest BCUT2D eigenvalue weighted by atomic mass is 15.4. The topological polar surface area (TPSA) is 69.1 Å². The molecular formula is C12H11N5. The zero-order valence-corrected chi connectivity index (χ0v) is 9.33. The highest BCUT2D eigenvalue weighted by Gasteiger charge is 2.07. The van der Waals surface area contributed by atoms with Crippen molar-refractivity contribution in [2.24, 2.45) is 0 Å². The Bertz CT molecular complexity index is 686. The van der Waals surface area contributed by atoms with Crippen molar-refractivity contribution in [1.29, 1.82) is 0 Å². The maximum absolute atomic E-state index is 5.69. The molecule has 2 aromatic heterocycles. The number of fused-ring (bicyclic) bond motifs is 1. The zero-order valence-electron chi connectivity index (χ0n) is 9.33. The maximum atomic E-state index is 5.69. The molecule has 0 aliphatic carbocycles. The first-order valence-corrected chi connectivity index (χ1v) is 5.29. The first kappa shape index (κ1) is 9.77. The fourth-order valence-corrected chi connectivity index (χ4v) is 1.81. The maximum Gasteiger partial charge on any atom is 0.243 e. The van der Waals surface area contributed by atoms with Crippen LogP contribution >= 0.6 is 0 Å². The van der Waals surface area contributed by atoms with Gasteiger partial charge in [-0.1, -0.05) is 24.3 Å². The molecule has 0 aliphatic rings. The molecule has 0 atom stereocenters. The number of aryl methyl sites for hydroxylation is 1. The van der Waals surface area contributed by atoms with Gasteiger partial charge in [-0.25, -0.2) is 0 Å².